The summed E-state index contributed by atoms with van der Waals surface area (Å²) in [4.78, 5) is 26.3. The van der Waals surface area contributed by atoms with Gasteiger partial charge in [0.1, 0.15) is 21.4 Å². The maximum atomic E-state index is 13.9. The van der Waals surface area contributed by atoms with E-state index in [1.165, 1.54) is 33.5 Å². The monoisotopic (exact) mass is 519 g/mol. The largest absolute Gasteiger partial charge is 0.493 e. The number of hydrogen-bond donors (Lipinski definition) is 3. The summed E-state index contributed by atoms with van der Waals surface area (Å²) < 4.78 is 43.5. The topological polar surface area (TPSA) is 126 Å². The number of anilines is 3. The highest BCUT2D eigenvalue weighted by atomic mass is 32.2. The summed E-state index contributed by atoms with van der Waals surface area (Å²) in [6, 6.07) is 5.81. The van der Waals surface area contributed by atoms with Crippen molar-refractivity contribution in [3.8, 4) is 17.2 Å². The van der Waals surface area contributed by atoms with Gasteiger partial charge in [-0.3, -0.25) is 9.59 Å². The lowest BCUT2D eigenvalue weighted by molar-refractivity contribution is 0.102. The molecule has 12 heteroatoms. The number of rotatable bonds is 7. The lowest BCUT2D eigenvalue weighted by Crippen LogP contribution is -2.13. The molecule has 0 aliphatic heterocycles. The van der Waals surface area contributed by atoms with Gasteiger partial charge in [-0.25, -0.2) is 8.78 Å². The number of fused-ring (bicyclic) bond motifs is 1. The van der Waals surface area contributed by atoms with Gasteiger partial charge in [0.25, 0.3) is 5.91 Å². The number of nitrogens with two attached hydrogens (primary N) is 2. The van der Waals surface area contributed by atoms with Crippen molar-refractivity contribution in [2.45, 2.75) is 0 Å². The standard InChI is InChI=1S/C23H19F2N3O5S2/c1-31-13-6-9(7-14(32-2)19(13)33-3)18(29)20-16(26)15-17(27)21(35-23(15)34-20)22(30)28-12-5-4-10(24)8-11(12)25/h4-8H,26-27H2,1-3H3,(H,28,30). The molecule has 0 fully saturated rings. The number of amides is 1. The molecule has 0 atom stereocenters. The van der Waals surface area contributed by atoms with Crippen molar-refractivity contribution in [2.75, 3.05) is 38.1 Å². The zero-order valence-corrected chi connectivity index (χ0v) is 20.3. The fraction of sp³-hybridized carbons (Fsp3) is 0.130. The molecule has 1 amide bonds. The van der Waals surface area contributed by atoms with E-state index in [0.29, 0.717) is 32.7 Å². The van der Waals surface area contributed by atoms with Crippen LogP contribution >= 0.6 is 22.7 Å². The molecule has 0 saturated heterocycles. The Kier molecular flexibility index (Phi) is 6.50. The van der Waals surface area contributed by atoms with Crippen molar-refractivity contribution in [1.29, 1.82) is 0 Å². The summed E-state index contributed by atoms with van der Waals surface area (Å²) >= 11 is 2.09. The summed E-state index contributed by atoms with van der Waals surface area (Å²) in [5.74, 6) is -1.82. The number of nitrogen functional groups attached to an aromatic ring is 2. The Balaban J connectivity index is 1.70. The summed E-state index contributed by atoms with van der Waals surface area (Å²) in [7, 11) is 4.33. The number of halogens is 2. The molecule has 35 heavy (non-hydrogen) atoms. The van der Waals surface area contributed by atoms with Crippen LogP contribution in [0.4, 0.5) is 25.8 Å². The highest BCUT2D eigenvalue weighted by molar-refractivity contribution is 7.40. The molecule has 0 aliphatic carbocycles. The molecule has 0 spiro atoms. The van der Waals surface area contributed by atoms with E-state index in [9.17, 15) is 18.4 Å². The molecule has 2 aromatic heterocycles. The van der Waals surface area contributed by atoms with Crippen LogP contribution in [0.15, 0.2) is 30.3 Å². The highest BCUT2D eigenvalue weighted by Crippen LogP contribution is 2.46. The molecule has 8 nitrogen and oxygen atoms in total. The number of hydrogen-bond acceptors (Lipinski definition) is 9. The molecule has 0 aliphatic rings. The molecular weight excluding hydrogens is 500 g/mol. The van der Waals surface area contributed by atoms with Gasteiger partial charge in [0.2, 0.25) is 11.5 Å². The molecule has 0 bridgehead atoms. The Hall–Kier alpha value is -3.90. The highest BCUT2D eigenvalue weighted by Gasteiger charge is 2.27. The first-order valence-corrected chi connectivity index (χ1v) is 11.5. The SMILES string of the molecule is COc1cc(C(=O)c2sc3sc(C(=O)Nc4ccc(F)cc4F)c(N)c3c2N)cc(OC)c1OC. The van der Waals surface area contributed by atoms with E-state index in [-0.39, 0.29) is 32.4 Å². The lowest BCUT2D eigenvalue weighted by Gasteiger charge is -2.13. The maximum Gasteiger partial charge on any atom is 0.268 e. The normalized spacial score (nSPS) is 10.9. The van der Waals surface area contributed by atoms with Crippen LogP contribution in [0.1, 0.15) is 24.9 Å². The van der Waals surface area contributed by atoms with Crippen LogP contribution in [-0.4, -0.2) is 33.0 Å². The number of ether oxygens (including phenoxy) is 3. The second-order valence-electron chi connectivity index (χ2n) is 7.17. The number of carbonyl (C=O) groups is 2. The van der Waals surface area contributed by atoms with Gasteiger partial charge in [-0.1, -0.05) is 0 Å². The minimum absolute atomic E-state index is 0.0581. The molecule has 0 saturated carbocycles. The molecule has 4 rings (SSSR count). The van der Waals surface area contributed by atoms with Crippen molar-refractivity contribution in [1.82, 2.24) is 0 Å². The fourth-order valence-corrected chi connectivity index (χ4v) is 5.92. The average Bonchev–Trinajstić information content (AvgIpc) is 3.35. The Morgan fingerprint density at radius 3 is 2.03 bits per heavy atom. The summed E-state index contributed by atoms with van der Waals surface area (Å²) in [5, 5.41) is 2.73. The number of nitrogens with one attached hydrogen (secondary N) is 1. The molecule has 0 unspecified atom stereocenters. The number of thiophene rings is 2. The van der Waals surface area contributed by atoms with Crippen LogP contribution in [0.25, 0.3) is 9.40 Å². The molecule has 182 valence electrons. The lowest BCUT2D eigenvalue weighted by atomic mass is 10.1. The number of ketones is 1. The van der Waals surface area contributed by atoms with Crippen LogP contribution in [0.5, 0.6) is 17.2 Å². The van der Waals surface area contributed by atoms with Crippen molar-refractivity contribution in [3.05, 3.63) is 57.3 Å². The van der Waals surface area contributed by atoms with Gasteiger partial charge >= 0.3 is 0 Å². The Morgan fingerprint density at radius 2 is 1.49 bits per heavy atom. The Bertz CT molecular complexity index is 1460. The third-order valence-electron chi connectivity index (χ3n) is 5.14. The maximum absolute atomic E-state index is 13.9. The summed E-state index contributed by atoms with van der Waals surface area (Å²) in [6.45, 7) is 0. The van der Waals surface area contributed by atoms with Gasteiger partial charge in [0.05, 0.1) is 47.8 Å². The summed E-state index contributed by atoms with van der Waals surface area (Å²) in [6.07, 6.45) is 0. The fourth-order valence-electron chi connectivity index (χ4n) is 3.46. The second-order valence-corrected chi connectivity index (χ2v) is 9.47. The zero-order valence-electron chi connectivity index (χ0n) is 18.7. The number of benzene rings is 2. The number of carbonyl (C=O) groups excluding carboxylic acids is 2. The van der Waals surface area contributed by atoms with Gasteiger partial charge < -0.3 is 31.0 Å². The molecule has 5 N–H and O–H groups in total. The van der Waals surface area contributed by atoms with E-state index in [0.717, 1.165) is 34.8 Å². The van der Waals surface area contributed by atoms with Crippen LogP contribution in [0.3, 0.4) is 0 Å². The van der Waals surface area contributed by atoms with Crippen molar-refractivity contribution < 1.29 is 32.6 Å². The van der Waals surface area contributed by atoms with E-state index >= 15 is 0 Å². The molecule has 2 heterocycles. The van der Waals surface area contributed by atoms with Crippen molar-refractivity contribution in [2.24, 2.45) is 0 Å². The van der Waals surface area contributed by atoms with E-state index in [1.54, 1.807) is 0 Å². The van der Waals surface area contributed by atoms with Crippen molar-refractivity contribution >= 4 is 60.8 Å². The van der Waals surface area contributed by atoms with E-state index in [2.05, 4.69) is 5.32 Å². The quantitative estimate of drug-likeness (QED) is 0.296. The zero-order chi connectivity index (χ0) is 25.4. The first-order valence-electron chi connectivity index (χ1n) is 9.91. The van der Waals surface area contributed by atoms with Crippen LogP contribution in [0.2, 0.25) is 0 Å². The van der Waals surface area contributed by atoms with Gasteiger partial charge in [-0.2, -0.15) is 0 Å². The van der Waals surface area contributed by atoms with Crippen LogP contribution in [-0.2, 0) is 0 Å². The third kappa shape index (κ3) is 4.21. The number of methoxy groups -OCH3 is 3. The third-order valence-corrected chi connectivity index (χ3v) is 7.64. The predicted octanol–water partition coefficient (Wildman–Crippen LogP) is 4.91. The second kappa shape index (κ2) is 9.39. The Labute approximate surface area is 206 Å². The smallest absolute Gasteiger partial charge is 0.268 e. The molecule has 2 aromatic carbocycles. The van der Waals surface area contributed by atoms with Crippen LogP contribution < -0.4 is 31.0 Å². The van der Waals surface area contributed by atoms with Gasteiger partial charge in [-0.05, 0) is 24.3 Å². The first kappa shape index (κ1) is 24.2. The first-order chi connectivity index (χ1) is 16.7. The average molecular weight is 520 g/mol. The van der Waals surface area contributed by atoms with E-state index in [1.807, 2.05) is 0 Å². The van der Waals surface area contributed by atoms with Gasteiger partial charge in [-0.15, -0.1) is 22.7 Å². The minimum Gasteiger partial charge on any atom is -0.493 e. The molecule has 4 aromatic rings. The summed E-state index contributed by atoms with van der Waals surface area (Å²) in [5.41, 5.74) is 12.7. The minimum atomic E-state index is -0.923. The predicted molar refractivity (Wildman–Crippen MR) is 132 cm³/mol. The van der Waals surface area contributed by atoms with Gasteiger partial charge in [0.15, 0.2) is 11.5 Å². The molecule has 0 radical (unpaired) electrons. The Morgan fingerprint density at radius 1 is 0.886 bits per heavy atom. The van der Waals surface area contributed by atoms with E-state index < -0.39 is 23.3 Å². The van der Waals surface area contributed by atoms with Crippen LogP contribution in [0, 0.1) is 11.6 Å². The molecular formula is C23H19F2N3O5S2. The van der Waals surface area contributed by atoms with E-state index in [4.69, 9.17) is 25.7 Å². The van der Waals surface area contributed by atoms with Gasteiger partial charge in [0, 0.05) is 11.6 Å². The van der Waals surface area contributed by atoms with Crippen molar-refractivity contribution in [3.63, 3.8) is 0 Å².